The number of carbonyl (C=O) groups is 1. The van der Waals surface area contributed by atoms with Crippen LogP contribution < -0.4 is 5.32 Å². The van der Waals surface area contributed by atoms with Crippen LogP contribution in [0.1, 0.15) is 31.2 Å². The number of nitrogens with zero attached hydrogens (tertiary/aromatic N) is 2. The Morgan fingerprint density at radius 3 is 3.14 bits per heavy atom. The molecule has 0 bridgehead atoms. The van der Waals surface area contributed by atoms with Crippen LogP contribution in [-0.2, 0) is 22.6 Å². The minimum absolute atomic E-state index is 0.157. The van der Waals surface area contributed by atoms with E-state index in [1.165, 1.54) is 30.9 Å². The summed E-state index contributed by atoms with van der Waals surface area (Å²) in [5.74, 6) is -0.157. The molecule has 3 rings (SSSR count). The van der Waals surface area contributed by atoms with Gasteiger partial charge in [0.25, 0.3) is 0 Å². The number of ether oxygens (including phenoxy) is 1. The zero-order chi connectivity index (χ0) is 14.7. The third kappa shape index (κ3) is 3.42. The van der Waals surface area contributed by atoms with Crippen molar-refractivity contribution in [3.8, 4) is 0 Å². The number of fused-ring (bicyclic) bond motifs is 1. The molecule has 0 aromatic carbocycles. The number of nitrogens with one attached hydrogen (secondary N) is 1. The molecule has 1 saturated carbocycles. The van der Waals surface area contributed by atoms with E-state index in [0.717, 1.165) is 25.2 Å². The number of methoxy groups -OCH3 is 1. The zero-order valence-electron chi connectivity index (χ0n) is 12.3. The highest BCUT2D eigenvalue weighted by Crippen LogP contribution is 2.23. The summed E-state index contributed by atoms with van der Waals surface area (Å²) in [7, 11) is 1.43. The van der Waals surface area contributed by atoms with Gasteiger partial charge in [0.2, 0.25) is 0 Å². The number of carbonyl (C=O) groups excluding carboxylic acids is 1. The van der Waals surface area contributed by atoms with Crippen molar-refractivity contribution in [2.45, 2.75) is 44.8 Å². The van der Waals surface area contributed by atoms with Crippen molar-refractivity contribution in [3.05, 3.63) is 30.1 Å². The van der Waals surface area contributed by atoms with E-state index in [1.807, 2.05) is 12.3 Å². The fraction of sp³-hybridized carbons (Fsp3) is 0.500. The summed E-state index contributed by atoms with van der Waals surface area (Å²) in [6.07, 6.45) is 7.76. The Labute approximate surface area is 124 Å². The van der Waals surface area contributed by atoms with Gasteiger partial charge in [-0.15, -0.1) is 0 Å². The number of aryl methyl sites for hydroxylation is 1. The minimum atomic E-state index is -0.157. The lowest BCUT2D eigenvalue weighted by atomic mass is 10.2. The van der Waals surface area contributed by atoms with Crippen LogP contribution in [0.5, 0.6) is 0 Å². The van der Waals surface area contributed by atoms with Gasteiger partial charge >= 0.3 is 5.97 Å². The molecule has 2 aromatic heterocycles. The number of hydrogen-bond donors (Lipinski definition) is 1. The second kappa shape index (κ2) is 6.26. The topological polar surface area (TPSA) is 56.1 Å². The maximum Gasteiger partial charge on any atom is 0.305 e. The van der Waals surface area contributed by atoms with Crippen molar-refractivity contribution in [1.29, 1.82) is 0 Å². The fourth-order valence-electron chi connectivity index (χ4n) is 2.54. The highest BCUT2D eigenvalue weighted by molar-refractivity contribution is 5.80. The average molecular weight is 287 g/mol. The number of pyridine rings is 1. The molecule has 2 heterocycles. The third-order valence-electron chi connectivity index (χ3n) is 3.88. The van der Waals surface area contributed by atoms with E-state index in [4.69, 9.17) is 0 Å². The van der Waals surface area contributed by atoms with Crippen LogP contribution in [0.3, 0.4) is 0 Å². The van der Waals surface area contributed by atoms with Crippen molar-refractivity contribution < 1.29 is 9.53 Å². The van der Waals surface area contributed by atoms with Gasteiger partial charge in [0, 0.05) is 43.3 Å². The van der Waals surface area contributed by atoms with E-state index in [-0.39, 0.29) is 5.97 Å². The van der Waals surface area contributed by atoms with Gasteiger partial charge in [0.05, 0.1) is 7.11 Å². The predicted molar refractivity (Wildman–Crippen MR) is 80.8 cm³/mol. The maximum atomic E-state index is 11.2. The SMILES string of the molecule is COC(=O)CCCn1cc(CNC2CC2)c2cccnc21. The number of aromatic nitrogens is 2. The molecule has 1 aliphatic rings. The lowest BCUT2D eigenvalue weighted by Gasteiger charge is -2.03. The van der Waals surface area contributed by atoms with Gasteiger partial charge in [-0.2, -0.15) is 0 Å². The second-order valence-corrected chi connectivity index (χ2v) is 5.56. The predicted octanol–water partition coefficient (Wildman–Crippen LogP) is 2.24. The number of hydrogen-bond acceptors (Lipinski definition) is 4. The van der Waals surface area contributed by atoms with Crippen LogP contribution in [0.2, 0.25) is 0 Å². The van der Waals surface area contributed by atoms with Crippen LogP contribution in [0.4, 0.5) is 0 Å². The smallest absolute Gasteiger partial charge is 0.305 e. The summed E-state index contributed by atoms with van der Waals surface area (Å²) in [5.41, 5.74) is 2.28. The molecular formula is C16H21N3O2. The minimum Gasteiger partial charge on any atom is -0.469 e. The highest BCUT2D eigenvalue weighted by atomic mass is 16.5. The van der Waals surface area contributed by atoms with Crippen LogP contribution in [0.25, 0.3) is 11.0 Å². The van der Waals surface area contributed by atoms with Gasteiger partial charge < -0.3 is 14.6 Å². The third-order valence-corrected chi connectivity index (χ3v) is 3.88. The molecule has 5 nitrogen and oxygen atoms in total. The molecule has 0 radical (unpaired) electrons. The van der Waals surface area contributed by atoms with Crippen molar-refractivity contribution in [2.24, 2.45) is 0 Å². The summed E-state index contributed by atoms with van der Waals surface area (Å²) >= 11 is 0. The molecule has 1 N–H and O–H groups in total. The van der Waals surface area contributed by atoms with Gasteiger partial charge in [-0.1, -0.05) is 0 Å². The van der Waals surface area contributed by atoms with Gasteiger partial charge in [-0.05, 0) is 37.0 Å². The lowest BCUT2D eigenvalue weighted by molar-refractivity contribution is -0.140. The van der Waals surface area contributed by atoms with Gasteiger partial charge in [0.1, 0.15) is 5.65 Å². The summed E-state index contributed by atoms with van der Waals surface area (Å²) in [5, 5.41) is 4.74. The van der Waals surface area contributed by atoms with Crippen molar-refractivity contribution in [2.75, 3.05) is 7.11 Å². The first kappa shape index (κ1) is 14.1. The first-order valence-corrected chi connectivity index (χ1v) is 7.51. The van der Waals surface area contributed by atoms with E-state index in [0.29, 0.717) is 12.5 Å². The lowest BCUT2D eigenvalue weighted by Crippen LogP contribution is -2.14. The number of rotatable bonds is 7. The molecular weight excluding hydrogens is 266 g/mol. The molecule has 0 unspecified atom stereocenters. The van der Waals surface area contributed by atoms with Crippen LogP contribution in [-0.4, -0.2) is 28.7 Å². The van der Waals surface area contributed by atoms with Crippen LogP contribution in [0.15, 0.2) is 24.5 Å². The molecule has 0 saturated heterocycles. The van der Waals surface area contributed by atoms with Gasteiger partial charge in [-0.3, -0.25) is 4.79 Å². The number of esters is 1. The van der Waals surface area contributed by atoms with E-state index in [9.17, 15) is 4.79 Å². The van der Waals surface area contributed by atoms with Crippen LogP contribution >= 0.6 is 0 Å². The monoisotopic (exact) mass is 287 g/mol. The molecule has 0 aliphatic heterocycles. The summed E-state index contributed by atoms with van der Waals surface area (Å²) in [4.78, 5) is 15.7. The molecule has 21 heavy (non-hydrogen) atoms. The van der Waals surface area contributed by atoms with Crippen molar-refractivity contribution in [3.63, 3.8) is 0 Å². The first-order valence-electron chi connectivity index (χ1n) is 7.51. The highest BCUT2D eigenvalue weighted by Gasteiger charge is 2.21. The quantitative estimate of drug-likeness (QED) is 0.794. The van der Waals surface area contributed by atoms with E-state index in [1.54, 1.807) is 0 Å². The Morgan fingerprint density at radius 2 is 2.38 bits per heavy atom. The molecule has 2 aromatic rings. The Balaban J connectivity index is 1.72. The molecule has 5 heteroatoms. The average Bonchev–Trinajstić information content (AvgIpc) is 3.28. The normalized spacial score (nSPS) is 14.5. The fourth-order valence-corrected chi connectivity index (χ4v) is 2.54. The molecule has 0 spiro atoms. The van der Waals surface area contributed by atoms with E-state index < -0.39 is 0 Å². The maximum absolute atomic E-state index is 11.2. The zero-order valence-corrected chi connectivity index (χ0v) is 12.3. The Kier molecular flexibility index (Phi) is 4.20. The standard InChI is InChI=1S/C16H21N3O2/c1-21-15(20)5-3-9-19-11-12(10-18-13-6-7-13)14-4-2-8-17-16(14)19/h2,4,8,11,13,18H,3,5-7,9-10H2,1H3. The summed E-state index contributed by atoms with van der Waals surface area (Å²) in [6, 6.07) is 4.78. The summed E-state index contributed by atoms with van der Waals surface area (Å²) in [6.45, 7) is 1.67. The molecule has 0 amide bonds. The Bertz CT molecular complexity index is 631. The second-order valence-electron chi connectivity index (χ2n) is 5.56. The van der Waals surface area contributed by atoms with Gasteiger partial charge in [0.15, 0.2) is 0 Å². The summed E-state index contributed by atoms with van der Waals surface area (Å²) < 4.78 is 6.82. The molecule has 112 valence electrons. The molecule has 1 aliphatic carbocycles. The van der Waals surface area contributed by atoms with Crippen molar-refractivity contribution in [1.82, 2.24) is 14.9 Å². The van der Waals surface area contributed by atoms with E-state index >= 15 is 0 Å². The molecule has 0 atom stereocenters. The van der Waals surface area contributed by atoms with Gasteiger partial charge in [-0.25, -0.2) is 4.98 Å². The largest absolute Gasteiger partial charge is 0.469 e. The van der Waals surface area contributed by atoms with Crippen LogP contribution in [0, 0.1) is 0 Å². The van der Waals surface area contributed by atoms with Crippen molar-refractivity contribution >= 4 is 17.0 Å². The van der Waals surface area contributed by atoms with E-state index in [2.05, 4.69) is 31.9 Å². The Morgan fingerprint density at radius 1 is 1.52 bits per heavy atom. The Hall–Kier alpha value is -1.88. The molecule has 1 fully saturated rings. The first-order chi connectivity index (χ1) is 10.3.